The summed E-state index contributed by atoms with van der Waals surface area (Å²) in [6.45, 7) is 7.63. The van der Waals surface area contributed by atoms with E-state index in [2.05, 4.69) is 43.8 Å². The Morgan fingerprint density at radius 3 is 2.91 bits per heavy atom. The Labute approximate surface area is 189 Å². The molecule has 4 atom stereocenters. The summed E-state index contributed by atoms with van der Waals surface area (Å²) < 4.78 is 18.1. The summed E-state index contributed by atoms with van der Waals surface area (Å²) in [5, 5.41) is 0. The van der Waals surface area contributed by atoms with Crippen molar-refractivity contribution < 1.29 is 19.0 Å². The molecule has 0 radical (unpaired) electrons. The summed E-state index contributed by atoms with van der Waals surface area (Å²) in [6, 6.07) is 4.76. The molecule has 170 valence electrons. The molecule has 2 aliphatic heterocycles. The number of piperidine rings is 1. The molecule has 4 aliphatic rings. The van der Waals surface area contributed by atoms with E-state index in [1.54, 1.807) is 7.11 Å². The largest absolute Gasteiger partial charge is 0.493 e. The maximum absolute atomic E-state index is 12.9. The highest BCUT2D eigenvalue weighted by Crippen LogP contribution is 2.67. The van der Waals surface area contributed by atoms with Crippen molar-refractivity contribution in [3.63, 3.8) is 0 Å². The SMILES string of the molecule is COc1ccc2c3c1OC1c4[nH]c(C(=O)OCC(C)C)c(C)c4CC4C(C2)N(C)CCC314. The van der Waals surface area contributed by atoms with E-state index in [4.69, 9.17) is 14.2 Å². The molecule has 2 bridgehead atoms. The number of fused-ring (bicyclic) bond motifs is 2. The fourth-order valence-electron chi connectivity index (χ4n) is 6.96. The van der Waals surface area contributed by atoms with Crippen molar-refractivity contribution in [2.75, 3.05) is 27.3 Å². The zero-order chi connectivity index (χ0) is 22.4. The molecule has 1 saturated heterocycles. The van der Waals surface area contributed by atoms with Crippen LogP contribution in [0, 0.1) is 18.8 Å². The van der Waals surface area contributed by atoms with Gasteiger partial charge < -0.3 is 24.1 Å². The first-order chi connectivity index (χ1) is 15.4. The number of nitrogens with one attached hydrogen (secondary N) is 1. The first-order valence-electron chi connectivity index (χ1n) is 11.8. The minimum absolute atomic E-state index is 0.0714. The standard InChI is InChI=1S/C26H32N2O4/c1-13(2)12-31-25(29)21-14(3)16-11-17-18-10-15-6-7-19(30-5)23-20(15)26(17,8-9-28(18)4)24(32-23)22(16)27-21/h6-7,13,17-18,24,27H,8-12H2,1-5H3. The van der Waals surface area contributed by atoms with Crippen molar-refractivity contribution in [3.8, 4) is 11.5 Å². The maximum atomic E-state index is 12.9. The number of carbonyl (C=O) groups excluding carboxylic acids is 1. The molecule has 1 aromatic heterocycles. The third kappa shape index (κ3) is 2.42. The van der Waals surface area contributed by atoms with Crippen LogP contribution in [0.15, 0.2) is 12.1 Å². The molecular formula is C26H32N2O4. The Kier molecular flexibility index (Phi) is 4.26. The summed E-state index contributed by atoms with van der Waals surface area (Å²) in [5.41, 5.74) is 6.57. The number of carbonyl (C=O) groups is 1. The van der Waals surface area contributed by atoms with E-state index in [1.807, 2.05) is 6.07 Å². The lowest BCUT2D eigenvalue weighted by molar-refractivity contribution is -0.0256. The smallest absolute Gasteiger partial charge is 0.355 e. The Morgan fingerprint density at radius 1 is 1.34 bits per heavy atom. The van der Waals surface area contributed by atoms with E-state index in [0.717, 1.165) is 48.6 Å². The van der Waals surface area contributed by atoms with Gasteiger partial charge in [-0.25, -0.2) is 4.79 Å². The van der Waals surface area contributed by atoms with Gasteiger partial charge in [-0.05, 0) is 74.4 Å². The van der Waals surface area contributed by atoms with Gasteiger partial charge in [-0.1, -0.05) is 19.9 Å². The van der Waals surface area contributed by atoms with E-state index < -0.39 is 0 Å². The molecular weight excluding hydrogens is 404 g/mol. The van der Waals surface area contributed by atoms with Crippen molar-refractivity contribution >= 4 is 5.97 Å². The predicted octanol–water partition coefficient (Wildman–Crippen LogP) is 3.95. The quantitative estimate of drug-likeness (QED) is 0.736. The van der Waals surface area contributed by atoms with Crippen molar-refractivity contribution in [1.82, 2.24) is 9.88 Å². The second kappa shape index (κ2) is 6.77. The molecule has 1 N–H and O–H groups in total. The van der Waals surface area contributed by atoms with Crippen molar-refractivity contribution in [3.05, 3.63) is 45.8 Å². The topological polar surface area (TPSA) is 63.8 Å². The molecule has 4 unspecified atom stereocenters. The number of likely N-dealkylation sites (tertiary alicyclic amines) is 1. The lowest BCUT2D eigenvalue weighted by Crippen LogP contribution is -2.62. The van der Waals surface area contributed by atoms with Gasteiger partial charge >= 0.3 is 5.97 Å². The number of methoxy groups -OCH3 is 1. The summed E-state index contributed by atoms with van der Waals surface area (Å²) in [4.78, 5) is 18.9. The molecule has 2 aliphatic carbocycles. The van der Waals surface area contributed by atoms with E-state index in [-0.39, 0.29) is 17.5 Å². The molecule has 1 fully saturated rings. The second-order valence-corrected chi connectivity index (χ2v) is 10.5. The highest BCUT2D eigenvalue weighted by Gasteiger charge is 2.65. The zero-order valence-corrected chi connectivity index (χ0v) is 19.6. The second-order valence-electron chi connectivity index (χ2n) is 10.5. The number of benzene rings is 1. The normalized spacial score (nSPS) is 29.4. The molecule has 6 nitrogen and oxygen atoms in total. The number of esters is 1. The van der Waals surface area contributed by atoms with Crippen molar-refractivity contribution in [1.29, 1.82) is 0 Å². The van der Waals surface area contributed by atoms with Crippen LogP contribution in [0.25, 0.3) is 0 Å². The lowest BCUT2D eigenvalue weighted by atomic mass is 9.51. The Morgan fingerprint density at radius 2 is 2.16 bits per heavy atom. The molecule has 0 amide bonds. The number of ether oxygens (including phenoxy) is 3. The Hall–Kier alpha value is -2.47. The first kappa shape index (κ1) is 20.2. The van der Waals surface area contributed by atoms with Gasteiger partial charge in [0.1, 0.15) is 11.8 Å². The number of aromatic amines is 1. The molecule has 6 heteroatoms. The third-order valence-electron chi connectivity index (χ3n) is 8.45. The molecule has 1 aromatic carbocycles. The van der Waals surface area contributed by atoms with Crippen LogP contribution in [0.2, 0.25) is 0 Å². The third-order valence-corrected chi connectivity index (χ3v) is 8.45. The highest BCUT2D eigenvalue weighted by atomic mass is 16.5. The van der Waals surface area contributed by atoms with Crippen LogP contribution < -0.4 is 9.47 Å². The van der Waals surface area contributed by atoms with Gasteiger partial charge in [0.25, 0.3) is 0 Å². The van der Waals surface area contributed by atoms with Crippen LogP contribution in [0.5, 0.6) is 11.5 Å². The summed E-state index contributed by atoms with van der Waals surface area (Å²) in [6.07, 6.45) is 2.92. The molecule has 1 spiro atoms. The minimum Gasteiger partial charge on any atom is -0.493 e. The maximum Gasteiger partial charge on any atom is 0.355 e. The number of aromatic nitrogens is 1. The molecule has 0 saturated carbocycles. The average Bonchev–Trinajstić information content (AvgIpc) is 3.29. The number of H-pyrrole nitrogens is 1. The van der Waals surface area contributed by atoms with Gasteiger partial charge in [0, 0.05) is 17.0 Å². The number of rotatable bonds is 4. The van der Waals surface area contributed by atoms with Crippen LogP contribution in [0.4, 0.5) is 0 Å². The van der Waals surface area contributed by atoms with Gasteiger partial charge in [0.05, 0.1) is 19.4 Å². The van der Waals surface area contributed by atoms with Crippen LogP contribution >= 0.6 is 0 Å². The fourth-order valence-corrected chi connectivity index (χ4v) is 6.96. The van der Waals surface area contributed by atoms with Gasteiger partial charge in [0.2, 0.25) is 0 Å². The number of hydrogen-bond acceptors (Lipinski definition) is 5. The van der Waals surface area contributed by atoms with Gasteiger partial charge in [0.15, 0.2) is 11.5 Å². The van der Waals surface area contributed by atoms with Gasteiger partial charge in [-0.15, -0.1) is 0 Å². The first-order valence-corrected chi connectivity index (χ1v) is 11.8. The van der Waals surface area contributed by atoms with Gasteiger partial charge in [-0.3, -0.25) is 0 Å². The van der Waals surface area contributed by atoms with Crippen molar-refractivity contribution in [2.45, 2.75) is 57.6 Å². The van der Waals surface area contributed by atoms with Crippen LogP contribution in [-0.4, -0.2) is 49.2 Å². The van der Waals surface area contributed by atoms with Crippen LogP contribution in [0.3, 0.4) is 0 Å². The van der Waals surface area contributed by atoms with E-state index in [1.165, 1.54) is 16.7 Å². The van der Waals surface area contributed by atoms with Crippen molar-refractivity contribution in [2.24, 2.45) is 11.8 Å². The number of nitrogens with zero attached hydrogens (tertiary/aromatic N) is 1. The van der Waals surface area contributed by atoms with Crippen LogP contribution in [0.1, 0.15) is 64.8 Å². The summed E-state index contributed by atoms with van der Waals surface area (Å²) >= 11 is 0. The number of hydrogen-bond donors (Lipinski definition) is 1. The minimum atomic E-state index is -0.264. The molecule has 32 heavy (non-hydrogen) atoms. The van der Waals surface area contributed by atoms with E-state index in [0.29, 0.717) is 30.2 Å². The summed E-state index contributed by atoms with van der Waals surface area (Å²) in [5.74, 6) is 2.21. The summed E-state index contributed by atoms with van der Waals surface area (Å²) in [7, 11) is 3.97. The molecule has 6 rings (SSSR count). The lowest BCUT2D eigenvalue weighted by Gasteiger charge is -2.57. The highest BCUT2D eigenvalue weighted by molar-refractivity contribution is 5.90. The average molecular weight is 437 g/mol. The monoisotopic (exact) mass is 436 g/mol. The van der Waals surface area contributed by atoms with Gasteiger partial charge in [-0.2, -0.15) is 0 Å². The van der Waals surface area contributed by atoms with E-state index >= 15 is 0 Å². The Balaban J connectivity index is 1.52. The fraction of sp³-hybridized carbons (Fsp3) is 0.577. The Bertz CT molecular complexity index is 1120. The zero-order valence-electron chi connectivity index (χ0n) is 19.6. The predicted molar refractivity (Wildman–Crippen MR) is 121 cm³/mol. The number of likely N-dealkylation sites (N-methyl/N-ethyl adjacent to an activating group) is 1. The van der Waals surface area contributed by atoms with Crippen LogP contribution in [-0.2, 0) is 23.0 Å². The molecule has 3 heterocycles. The molecule has 2 aromatic rings. The van der Waals surface area contributed by atoms with E-state index in [9.17, 15) is 4.79 Å².